The smallest absolute Gasteiger partial charge is 0.404 e. The van der Waals surface area contributed by atoms with E-state index in [1.54, 1.807) is 6.07 Å². The van der Waals surface area contributed by atoms with Crippen molar-refractivity contribution in [1.82, 2.24) is 4.98 Å². The summed E-state index contributed by atoms with van der Waals surface area (Å²) >= 11 is 0. The summed E-state index contributed by atoms with van der Waals surface area (Å²) in [7, 11) is 0. The molecule has 106 valence electrons. The van der Waals surface area contributed by atoms with E-state index in [-0.39, 0.29) is 5.88 Å². The molecule has 0 radical (unpaired) electrons. The molecule has 0 atom stereocenters. The van der Waals surface area contributed by atoms with Crippen molar-refractivity contribution < 1.29 is 9.34 Å². The normalized spacial score (nSPS) is 10.7. The van der Waals surface area contributed by atoms with Gasteiger partial charge in [0.1, 0.15) is 10.7 Å². The Hall–Kier alpha value is -2.89. The van der Waals surface area contributed by atoms with Gasteiger partial charge < -0.3 is 9.73 Å². The first-order valence-electron chi connectivity index (χ1n) is 6.47. The topological polar surface area (TPSA) is 81.2 Å². The van der Waals surface area contributed by atoms with E-state index in [9.17, 15) is 10.1 Å². The van der Waals surface area contributed by atoms with Crippen LogP contribution in [0.3, 0.4) is 0 Å². The number of nitrogens with one attached hydrogen (secondary N) is 1. The predicted molar refractivity (Wildman–Crippen MR) is 79.2 cm³/mol. The van der Waals surface area contributed by atoms with Gasteiger partial charge in [0.05, 0.1) is 23.8 Å². The molecule has 0 aliphatic rings. The number of fused-ring (bicyclic) bond motifs is 1. The van der Waals surface area contributed by atoms with Gasteiger partial charge in [0.25, 0.3) is 0 Å². The average molecular weight is 283 g/mol. The highest BCUT2D eigenvalue weighted by molar-refractivity contribution is 5.90. The molecule has 6 heteroatoms. The highest BCUT2D eigenvalue weighted by Crippen LogP contribution is 2.23. The summed E-state index contributed by atoms with van der Waals surface area (Å²) in [6.45, 7) is 2.30. The van der Waals surface area contributed by atoms with Crippen molar-refractivity contribution >= 4 is 22.5 Å². The average Bonchev–Trinajstić information content (AvgIpc) is 2.94. The lowest BCUT2D eigenvalue weighted by Gasteiger charge is -2.08. The third-order valence-electron chi connectivity index (χ3n) is 3.14. The van der Waals surface area contributed by atoms with Crippen LogP contribution in [0.4, 0.5) is 11.6 Å². The highest BCUT2D eigenvalue weighted by atomic mass is 16.6. The second-order valence-corrected chi connectivity index (χ2v) is 4.68. The quantitative estimate of drug-likeness (QED) is 0.583. The Morgan fingerprint density at radius 1 is 1.24 bits per heavy atom. The van der Waals surface area contributed by atoms with Gasteiger partial charge >= 0.3 is 5.88 Å². The molecular weight excluding hydrogens is 270 g/mol. The van der Waals surface area contributed by atoms with Crippen molar-refractivity contribution in [3.8, 4) is 0 Å². The fraction of sp³-hybridized carbons (Fsp3) is 0.133. The van der Waals surface area contributed by atoms with Crippen molar-refractivity contribution in [1.29, 1.82) is 0 Å². The molecule has 0 saturated carbocycles. The van der Waals surface area contributed by atoms with Gasteiger partial charge in [-0.3, -0.25) is 15.1 Å². The molecular formula is C15H13N3O3. The number of hydrogen-bond donors (Lipinski definition) is 1. The highest BCUT2D eigenvalue weighted by Gasteiger charge is 2.11. The Labute approximate surface area is 120 Å². The maximum Gasteiger partial charge on any atom is 0.433 e. The van der Waals surface area contributed by atoms with E-state index in [1.807, 2.05) is 37.3 Å². The van der Waals surface area contributed by atoms with Crippen LogP contribution in [0.25, 0.3) is 10.9 Å². The molecule has 3 rings (SSSR count). The lowest BCUT2D eigenvalue weighted by atomic mass is 10.1. The lowest BCUT2D eigenvalue weighted by Crippen LogP contribution is -2.00. The van der Waals surface area contributed by atoms with Crippen LogP contribution < -0.4 is 5.32 Å². The molecule has 6 nitrogen and oxygen atoms in total. The van der Waals surface area contributed by atoms with E-state index in [1.165, 1.54) is 6.07 Å². The van der Waals surface area contributed by atoms with Crippen LogP contribution in [0.2, 0.25) is 0 Å². The molecule has 0 saturated heterocycles. The van der Waals surface area contributed by atoms with Crippen molar-refractivity contribution in [3.05, 3.63) is 64.0 Å². The van der Waals surface area contributed by atoms with Crippen LogP contribution >= 0.6 is 0 Å². The third-order valence-corrected chi connectivity index (χ3v) is 3.14. The predicted octanol–water partition coefficient (Wildman–Crippen LogP) is 3.66. The number of pyridine rings is 1. The molecule has 1 N–H and O–H groups in total. The number of benzene rings is 1. The van der Waals surface area contributed by atoms with Crippen molar-refractivity contribution in [3.63, 3.8) is 0 Å². The van der Waals surface area contributed by atoms with Gasteiger partial charge in [0, 0.05) is 11.1 Å². The standard InChI is InChI=1S/C15H13N3O3/c1-10-5-6-11-3-2-4-13(15(11)17-10)16-9-12-7-8-14(21-12)18(19)20/h2-8,16H,9H2,1H3. The molecule has 0 fully saturated rings. The third kappa shape index (κ3) is 2.69. The monoisotopic (exact) mass is 283 g/mol. The lowest BCUT2D eigenvalue weighted by molar-refractivity contribution is -0.402. The van der Waals surface area contributed by atoms with E-state index in [0.29, 0.717) is 12.3 Å². The van der Waals surface area contributed by atoms with Gasteiger partial charge in [-0.05, 0) is 25.1 Å². The maximum absolute atomic E-state index is 10.6. The zero-order chi connectivity index (χ0) is 14.8. The van der Waals surface area contributed by atoms with Crippen LogP contribution in [-0.4, -0.2) is 9.91 Å². The molecule has 21 heavy (non-hydrogen) atoms. The number of rotatable bonds is 4. The Balaban J connectivity index is 1.84. The van der Waals surface area contributed by atoms with Gasteiger partial charge in [0.15, 0.2) is 0 Å². The van der Waals surface area contributed by atoms with Gasteiger partial charge in [-0.1, -0.05) is 18.2 Å². The first-order chi connectivity index (χ1) is 10.1. The SMILES string of the molecule is Cc1ccc2cccc(NCc3ccc([N+](=O)[O-])o3)c2n1. The molecule has 2 aromatic heterocycles. The minimum absolute atomic E-state index is 0.251. The van der Waals surface area contributed by atoms with E-state index in [4.69, 9.17) is 4.42 Å². The van der Waals surface area contributed by atoms with Gasteiger partial charge in [-0.2, -0.15) is 0 Å². The van der Waals surface area contributed by atoms with Gasteiger partial charge in [-0.25, -0.2) is 0 Å². The molecule has 0 bridgehead atoms. The first-order valence-corrected chi connectivity index (χ1v) is 6.47. The Kier molecular flexibility index (Phi) is 3.27. The van der Waals surface area contributed by atoms with Crippen LogP contribution in [0.5, 0.6) is 0 Å². The van der Waals surface area contributed by atoms with Crippen molar-refractivity contribution in [2.75, 3.05) is 5.32 Å². The number of aryl methyl sites for hydroxylation is 1. The first kappa shape index (κ1) is 13.1. The molecule has 0 amide bonds. The Morgan fingerprint density at radius 3 is 2.86 bits per heavy atom. The van der Waals surface area contributed by atoms with Gasteiger partial charge in [-0.15, -0.1) is 0 Å². The summed E-state index contributed by atoms with van der Waals surface area (Å²) in [6.07, 6.45) is 0. The second-order valence-electron chi connectivity index (χ2n) is 4.68. The molecule has 3 aromatic rings. The minimum atomic E-state index is -0.549. The molecule has 0 aliphatic carbocycles. The summed E-state index contributed by atoms with van der Waals surface area (Å²) in [4.78, 5) is 14.6. The number of furan rings is 1. The van der Waals surface area contributed by atoms with Crippen LogP contribution in [0.15, 0.2) is 46.9 Å². The maximum atomic E-state index is 10.6. The van der Waals surface area contributed by atoms with Crippen LogP contribution in [-0.2, 0) is 6.54 Å². The number of para-hydroxylation sites is 1. The fourth-order valence-electron chi connectivity index (χ4n) is 2.13. The van der Waals surface area contributed by atoms with Gasteiger partial charge in [0.2, 0.25) is 0 Å². The molecule has 0 aliphatic heterocycles. The summed E-state index contributed by atoms with van der Waals surface area (Å²) in [5.74, 6) is 0.255. The fourth-order valence-corrected chi connectivity index (χ4v) is 2.13. The molecule has 0 spiro atoms. The Morgan fingerprint density at radius 2 is 2.10 bits per heavy atom. The number of nitro groups is 1. The zero-order valence-electron chi connectivity index (χ0n) is 11.4. The van der Waals surface area contributed by atoms with E-state index in [2.05, 4.69) is 10.3 Å². The molecule has 0 unspecified atom stereocenters. The van der Waals surface area contributed by atoms with Crippen molar-refractivity contribution in [2.24, 2.45) is 0 Å². The number of anilines is 1. The molecule has 1 aromatic carbocycles. The van der Waals surface area contributed by atoms with E-state index < -0.39 is 4.92 Å². The molecule has 2 heterocycles. The number of aromatic nitrogens is 1. The second kappa shape index (κ2) is 5.24. The van der Waals surface area contributed by atoms with Crippen LogP contribution in [0, 0.1) is 17.0 Å². The largest absolute Gasteiger partial charge is 0.433 e. The zero-order valence-corrected chi connectivity index (χ0v) is 11.4. The van der Waals surface area contributed by atoms with E-state index >= 15 is 0 Å². The number of nitrogens with zero attached hydrogens (tertiary/aromatic N) is 2. The summed E-state index contributed by atoms with van der Waals surface area (Å²) in [5, 5.41) is 14.8. The summed E-state index contributed by atoms with van der Waals surface area (Å²) < 4.78 is 5.12. The Bertz CT molecular complexity index is 811. The minimum Gasteiger partial charge on any atom is -0.404 e. The van der Waals surface area contributed by atoms with Crippen molar-refractivity contribution in [2.45, 2.75) is 13.5 Å². The number of hydrogen-bond acceptors (Lipinski definition) is 5. The summed E-state index contributed by atoms with van der Waals surface area (Å²) in [6, 6.07) is 12.8. The van der Waals surface area contributed by atoms with E-state index in [0.717, 1.165) is 22.3 Å². The summed E-state index contributed by atoms with van der Waals surface area (Å²) in [5.41, 5.74) is 2.68. The van der Waals surface area contributed by atoms with Crippen LogP contribution in [0.1, 0.15) is 11.5 Å².